The Labute approximate surface area is 97.6 Å². The quantitative estimate of drug-likeness (QED) is 0.850. The summed E-state index contributed by atoms with van der Waals surface area (Å²) in [5.41, 5.74) is 1.96. The van der Waals surface area contributed by atoms with Crippen molar-refractivity contribution in [1.29, 1.82) is 0 Å². The second-order valence-corrected chi connectivity index (χ2v) is 4.44. The van der Waals surface area contributed by atoms with Crippen LogP contribution in [0.25, 0.3) is 0 Å². The molecule has 1 aliphatic rings. The lowest BCUT2D eigenvalue weighted by Gasteiger charge is -2.35. The number of rotatable bonds is 1. The van der Waals surface area contributed by atoms with Crippen molar-refractivity contribution in [2.24, 2.45) is 0 Å². The maximum Gasteiger partial charge on any atom is 0.246 e. The molecule has 0 fully saturated rings. The number of carbonyl (C=O) groups excluding carboxylic acids is 1. The number of hydrogen-bond donors (Lipinski definition) is 1. The largest absolute Gasteiger partial charge is 0.358 e. The lowest BCUT2D eigenvalue weighted by Crippen LogP contribution is -2.46. The summed E-state index contributed by atoms with van der Waals surface area (Å²) in [6.07, 6.45) is 0. The van der Waals surface area contributed by atoms with Crippen molar-refractivity contribution in [1.82, 2.24) is 0 Å². The normalized spacial score (nSPS) is 19.8. The smallest absolute Gasteiger partial charge is 0.246 e. The highest BCUT2D eigenvalue weighted by Gasteiger charge is 2.29. The Morgan fingerprint density at radius 3 is 2.93 bits per heavy atom. The highest BCUT2D eigenvalue weighted by atomic mass is 79.9. The van der Waals surface area contributed by atoms with Crippen molar-refractivity contribution >= 4 is 33.2 Å². The Morgan fingerprint density at radius 1 is 1.53 bits per heavy atom. The fourth-order valence-corrected chi connectivity index (χ4v) is 2.35. The zero-order valence-corrected chi connectivity index (χ0v) is 10.3. The molecule has 0 saturated heterocycles. The van der Waals surface area contributed by atoms with E-state index in [1.165, 1.54) is 0 Å². The molecule has 4 heteroatoms. The van der Waals surface area contributed by atoms with Crippen molar-refractivity contribution in [3.63, 3.8) is 0 Å². The van der Waals surface area contributed by atoms with Crippen molar-refractivity contribution < 1.29 is 4.79 Å². The summed E-state index contributed by atoms with van der Waals surface area (Å²) in [6.45, 7) is 4.81. The molecule has 1 aromatic rings. The standard InChI is InChI=1S/C11H13BrN2O/c1-3-14-7(2)11(15)13-10-8(12)5-4-6-9(10)14/h4-7H,3H2,1-2H3,(H,13,15). The maximum atomic E-state index is 11.7. The molecular formula is C11H13BrN2O. The van der Waals surface area contributed by atoms with E-state index >= 15 is 0 Å². The van der Waals surface area contributed by atoms with E-state index in [2.05, 4.69) is 33.1 Å². The van der Waals surface area contributed by atoms with Gasteiger partial charge in [0.25, 0.3) is 0 Å². The zero-order chi connectivity index (χ0) is 11.0. The summed E-state index contributed by atoms with van der Waals surface area (Å²) in [5.74, 6) is 0.0521. The predicted octanol–water partition coefficient (Wildman–Crippen LogP) is 2.62. The number of hydrogen-bond acceptors (Lipinski definition) is 2. The van der Waals surface area contributed by atoms with Gasteiger partial charge >= 0.3 is 0 Å². The summed E-state index contributed by atoms with van der Waals surface area (Å²) in [6, 6.07) is 5.84. The zero-order valence-electron chi connectivity index (χ0n) is 8.75. The van der Waals surface area contributed by atoms with E-state index in [0.29, 0.717) is 0 Å². The highest BCUT2D eigenvalue weighted by Crippen LogP contribution is 2.37. The molecule has 1 heterocycles. The van der Waals surface area contributed by atoms with Gasteiger partial charge in [0.05, 0.1) is 11.4 Å². The first kappa shape index (κ1) is 10.5. The average Bonchev–Trinajstić information content (AvgIpc) is 2.22. The molecule has 15 heavy (non-hydrogen) atoms. The third kappa shape index (κ3) is 1.63. The Morgan fingerprint density at radius 2 is 2.27 bits per heavy atom. The van der Waals surface area contributed by atoms with Crippen molar-refractivity contribution in [3.8, 4) is 0 Å². The van der Waals surface area contributed by atoms with E-state index in [4.69, 9.17) is 0 Å². The number of nitrogens with zero attached hydrogens (tertiary/aromatic N) is 1. The highest BCUT2D eigenvalue weighted by molar-refractivity contribution is 9.10. The number of halogens is 1. The molecule has 2 rings (SSSR count). The Kier molecular flexibility index (Phi) is 2.69. The molecule has 3 nitrogen and oxygen atoms in total. The summed E-state index contributed by atoms with van der Waals surface area (Å²) < 4.78 is 0.929. The van der Waals surface area contributed by atoms with E-state index in [1.807, 2.05) is 25.1 Å². The summed E-state index contributed by atoms with van der Waals surface area (Å²) in [5, 5.41) is 2.91. The molecule has 1 aromatic carbocycles. The SMILES string of the molecule is CCN1c2cccc(Br)c2NC(=O)C1C. The minimum atomic E-state index is -0.100. The number of fused-ring (bicyclic) bond motifs is 1. The summed E-state index contributed by atoms with van der Waals surface area (Å²) >= 11 is 3.44. The topological polar surface area (TPSA) is 32.3 Å². The van der Waals surface area contributed by atoms with Gasteiger partial charge in [-0.3, -0.25) is 4.79 Å². The van der Waals surface area contributed by atoms with Crippen LogP contribution in [0, 0.1) is 0 Å². The van der Waals surface area contributed by atoms with Gasteiger partial charge in [-0.2, -0.15) is 0 Å². The molecule has 1 aliphatic heterocycles. The van der Waals surface area contributed by atoms with Crippen LogP contribution in [0.2, 0.25) is 0 Å². The molecule has 1 unspecified atom stereocenters. The number of carbonyl (C=O) groups is 1. The minimum absolute atomic E-state index is 0.0521. The molecular weight excluding hydrogens is 256 g/mol. The molecule has 0 spiro atoms. The maximum absolute atomic E-state index is 11.7. The fraction of sp³-hybridized carbons (Fsp3) is 0.364. The number of para-hydroxylation sites is 1. The van der Waals surface area contributed by atoms with E-state index in [-0.39, 0.29) is 11.9 Å². The number of benzene rings is 1. The molecule has 0 aromatic heterocycles. The Bertz CT molecular complexity index is 406. The van der Waals surface area contributed by atoms with E-state index in [0.717, 1.165) is 22.4 Å². The molecule has 0 aliphatic carbocycles. The molecule has 0 bridgehead atoms. The number of amides is 1. The Hall–Kier alpha value is -1.03. The molecule has 1 amide bonds. The van der Waals surface area contributed by atoms with Gasteiger partial charge < -0.3 is 10.2 Å². The van der Waals surface area contributed by atoms with E-state index < -0.39 is 0 Å². The molecule has 0 saturated carbocycles. The van der Waals surface area contributed by atoms with Gasteiger partial charge in [-0.05, 0) is 41.9 Å². The van der Waals surface area contributed by atoms with Crippen LogP contribution in [-0.2, 0) is 4.79 Å². The lowest BCUT2D eigenvalue weighted by atomic mass is 10.1. The second kappa shape index (κ2) is 3.85. The Balaban J connectivity index is 2.54. The van der Waals surface area contributed by atoms with Crippen molar-refractivity contribution in [2.75, 3.05) is 16.8 Å². The number of likely N-dealkylation sites (N-methyl/N-ethyl adjacent to an activating group) is 1. The van der Waals surface area contributed by atoms with Gasteiger partial charge in [0.1, 0.15) is 6.04 Å². The second-order valence-electron chi connectivity index (χ2n) is 3.59. The third-order valence-electron chi connectivity index (χ3n) is 2.74. The van der Waals surface area contributed by atoms with Gasteiger partial charge in [0, 0.05) is 11.0 Å². The van der Waals surface area contributed by atoms with Crippen LogP contribution in [0.1, 0.15) is 13.8 Å². The molecule has 0 radical (unpaired) electrons. The minimum Gasteiger partial charge on any atom is -0.358 e. The van der Waals surface area contributed by atoms with Crippen LogP contribution >= 0.6 is 15.9 Å². The van der Waals surface area contributed by atoms with Crippen LogP contribution in [0.4, 0.5) is 11.4 Å². The first-order valence-electron chi connectivity index (χ1n) is 5.01. The fourth-order valence-electron chi connectivity index (χ4n) is 1.90. The van der Waals surface area contributed by atoms with Gasteiger partial charge in [-0.25, -0.2) is 0 Å². The predicted molar refractivity (Wildman–Crippen MR) is 65.3 cm³/mol. The van der Waals surface area contributed by atoms with Gasteiger partial charge in [0.15, 0.2) is 0 Å². The van der Waals surface area contributed by atoms with Crippen LogP contribution in [0.3, 0.4) is 0 Å². The van der Waals surface area contributed by atoms with Gasteiger partial charge in [0.2, 0.25) is 5.91 Å². The van der Waals surface area contributed by atoms with Gasteiger partial charge in [-0.1, -0.05) is 6.07 Å². The van der Waals surface area contributed by atoms with Gasteiger partial charge in [-0.15, -0.1) is 0 Å². The monoisotopic (exact) mass is 268 g/mol. The van der Waals surface area contributed by atoms with E-state index in [9.17, 15) is 4.79 Å². The third-order valence-corrected chi connectivity index (χ3v) is 3.40. The first-order chi connectivity index (χ1) is 7.15. The number of nitrogens with one attached hydrogen (secondary N) is 1. The van der Waals surface area contributed by atoms with Crippen LogP contribution < -0.4 is 10.2 Å². The van der Waals surface area contributed by atoms with Crippen LogP contribution in [0.5, 0.6) is 0 Å². The summed E-state index contributed by atoms with van der Waals surface area (Å²) in [7, 11) is 0. The first-order valence-corrected chi connectivity index (χ1v) is 5.80. The van der Waals surface area contributed by atoms with Crippen molar-refractivity contribution in [3.05, 3.63) is 22.7 Å². The molecule has 1 atom stereocenters. The van der Waals surface area contributed by atoms with Crippen molar-refractivity contribution in [2.45, 2.75) is 19.9 Å². The molecule has 80 valence electrons. The summed E-state index contributed by atoms with van der Waals surface area (Å²) in [4.78, 5) is 13.8. The number of anilines is 2. The molecule has 1 N–H and O–H groups in total. The van der Waals surface area contributed by atoms with Crippen LogP contribution in [0.15, 0.2) is 22.7 Å². The van der Waals surface area contributed by atoms with Crippen LogP contribution in [-0.4, -0.2) is 18.5 Å². The lowest BCUT2D eigenvalue weighted by molar-refractivity contribution is -0.117. The van der Waals surface area contributed by atoms with E-state index in [1.54, 1.807) is 0 Å². The average molecular weight is 269 g/mol.